The van der Waals surface area contributed by atoms with Crippen LogP contribution in [0.1, 0.15) is 23.8 Å². The number of carbonyl (C=O) groups excluding carboxylic acids is 1. The van der Waals surface area contributed by atoms with Crippen LogP contribution in [-0.2, 0) is 4.79 Å². The van der Waals surface area contributed by atoms with Crippen molar-refractivity contribution in [2.75, 3.05) is 18.8 Å². The molecule has 1 saturated heterocycles. The van der Waals surface area contributed by atoms with Crippen molar-refractivity contribution in [2.24, 2.45) is 0 Å². The molecule has 0 saturated carbocycles. The summed E-state index contributed by atoms with van der Waals surface area (Å²) in [5.74, 6) is 0.958. The molecule has 2 aromatic heterocycles. The van der Waals surface area contributed by atoms with Gasteiger partial charge in [-0.2, -0.15) is 0 Å². The molecule has 1 amide bonds. The van der Waals surface area contributed by atoms with Gasteiger partial charge >= 0.3 is 0 Å². The van der Waals surface area contributed by atoms with Crippen LogP contribution in [0, 0.1) is 0 Å². The van der Waals surface area contributed by atoms with E-state index in [4.69, 9.17) is 9.40 Å². The van der Waals surface area contributed by atoms with Crippen LogP contribution < -0.4 is 0 Å². The summed E-state index contributed by atoms with van der Waals surface area (Å²) >= 11 is 3.15. The maximum atomic E-state index is 12.6. The van der Waals surface area contributed by atoms with Gasteiger partial charge in [0.2, 0.25) is 5.91 Å². The van der Waals surface area contributed by atoms with Crippen molar-refractivity contribution >= 4 is 50.3 Å². The Labute approximate surface area is 170 Å². The predicted octanol–water partition coefficient (Wildman–Crippen LogP) is 4.94. The Morgan fingerprint density at radius 3 is 2.61 bits per heavy atom. The van der Waals surface area contributed by atoms with Crippen molar-refractivity contribution < 1.29 is 9.21 Å². The van der Waals surface area contributed by atoms with Crippen LogP contribution in [-0.4, -0.2) is 39.6 Å². The molecule has 0 N–H and O–H groups in total. The lowest BCUT2D eigenvalue weighted by atomic mass is 9.97. The number of carbonyl (C=O) groups is 1. The summed E-state index contributed by atoms with van der Waals surface area (Å²) in [6.45, 7) is 1.57. The van der Waals surface area contributed by atoms with E-state index in [1.54, 1.807) is 11.3 Å². The summed E-state index contributed by atoms with van der Waals surface area (Å²) in [4.78, 5) is 23.8. The minimum Gasteiger partial charge on any atom is -0.431 e. The molecule has 1 aliphatic heterocycles. The average molecular weight is 410 g/mol. The van der Waals surface area contributed by atoms with Crippen molar-refractivity contribution in [3.8, 4) is 0 Å². The van der Waals surface area contributed by atoms with Crippen molar-refractivity contribution in [2.45, 2.75) is 24.0 Å². The Morgan fingerprint density at radius 1 is 1.07 bits per heavy atom. The van der Waals surface area contributed by atoms with Crippen LogP contribution in [0.2, 0.25) is 0 Å². The molecule has 2 aromatic carbocycles. The summed E-state index contributed by atoms with van der Waals surface area (Å²) in [5, 5.41) is 1.76. The third kappa shape index (κ3) is 3.52. The number of piperidine rings is 1. The molecule has 4 aromatic rings. The second-order valence-corrected chi connectivity index (χ2v) is 8.90. The van der Waals surface area contributed by atoms with Crippen LogP contribution in [0.15, 0.2) is 58.2 Å². The van der Waals surface area contributed by atoms with Crippen LogP contribution in [0.25, 0.3) is 21.3 Å². The molecular weight excluding hydrogens is 390 g/mol. The van der Waals surface area contributed by atoms with Gasteiger partial charge in [0.1, 0.15) is 5.52 Å². The summed E-state index contributed by atoms with van der Waals surface area (Å²) in [6.07, 6.45) is 1.94. The Kier molecular flexibility index (Phi) is 4.78. The van der Waals surface area contributed by atoms with Gasteiger partial charge in [0.25, 0.3) is 5.22 Å². The van der Waals surface area contributed by atoms with Gasteiger partial charge in [0.15, 0.2) is 5.58 Å². The second kappa shape index (κ2) is 7.56. The first-order chi connectivity index (χ1) is 13.8. The zero-order valence-electron chi connectivity index (χ0n) is 15.2. The number of amides is 1. The topological polar surface area (TPSA) is 59.2 Å². The maximum Gasteiger partial charge on any atom is 0.257 e. The van der Waals surface area contributed by atoms with Crippen molar-refractivity contribution in [1.82, 2.24) is 14.9 Å². The molecule has 0 spiro atoms. The van der Waals surface area contributed by atoms with Crippen LogP contribution >= 0.6 is 23.1 Å². The van der Waals surface area contributed by atoms with E-state index in [1.165, 1.54) is 21.5 Å². The number of likely N-dealkylation sites (tertiary alicyclic amines) is 1. The summed E-state index contributed by atoms with van der Waals surface area (Å²) in [7, 11) is 0. The van der Waals surface area contributed by atoms with E-state index >= 15 is 0 Å². The van der Waals surface area contributed by atoms with E-state index in [9.17, 15) is 4.79 Å². The lowest BCUT2D eigenvalue weighted by molar-refractivity contribution is -0.129. The standard InChI is InChI=1S/C21H19N3O2S2/c25-19(13-27-21-23-15-5-1-3-7-17(15)26-21)24-11-9-14(10-12-24)20-22-16-6-2-4-8-18(16)28-20/h1-8,14H,9-13H2. The molecular formula is C21H19N3O2S2. The number of rotatable bonds is 4. The summed E-state index contributed by atoms with van der Waals surface area (Å²) in [5.41, 5.74) is 2.67. The minimum absolute atomic E-state index is 0.148. The maximum absolute atomic E-state index is 12.6. The van der Waals surface area contributed by atoms with E-state index < -0.39 is 0 Å². The highest BCUT2D eigenvalue weighted by molar-refractivity contribution is 7.99. The van der Waals surface area contributed by atoms with Gasteiger partial charge in [0.05, 0.1) is 21.0 Å². The monoisotopic (exact) mass is 409 g/mol. The fourth-order valence-electron chi connectivity index (χ4n) is 3.57. The molecule has 0 radical (unpaired) electrons. The highest BCUT2D eigenvalue weighted by Gasteiger charge is 2.26. The normalized spacial score (nSPS) is 15.5. The highest BCUT2D eigenvalue weighted by Crippen LogP contribution is 2.34. The number of hydrogen-bond donors (Lipinski definition) is 0. The van der Waals surface area contributed by atoms with E-state index in [0.29, 0.717) is 16.9 Å². The number of aromatic nitrogens is 2. The molecule has 5 nitrogen and oxygen atoms in total. The Hall–Kier alpha value is -2.38. The van der Waals surface area contributed by atoms with Crippen LogP contribution in [0.4, 0.5) is 0 Å². The molecule has 0 unspecified atom stereocenters. The molecule has 0 bridgehead atoms. The van der Waals surface area contributed by atoms with Crippen molar-refractivity contribution in [1.29, 1.82) is 0 Å². The van der Waals surface area contributed by atoms with Gasteiger partial charge in [-0.1, -0.05) is 36.0 Å². The SMILES string of the molecule is O=C(CSc1nc2ccccc2o1)N1CCC(c2nc3ccccc3s2)CC1. The second-order valence-electron chi connectivity index (χ2n) is 6.91. The Balaban J connectivity index is 1.17. The third-order valence-electron chi connectivity index (χ3n) is 5.10. The average Bonchev–Trinajstić information content (AvgIpc) is 3.35. The van der Waals surface area contributed by atoms with Crippen molar-refractivity contribution in [3.05, 3.63) is 53.5 Å². The molecule has 3 heterocycles. The Bertz CT molecular complexity index is 1060. The van der Waals surface area contributed by atoms with Crippen LogP contribution in [0.3, 0.4) is 0 Å². The van der Waals surface area contributed by atoms with E-state index in [2.05, 4.69) is 23.2 Å². The third-order valence-corrected chi connectivity index (χ3v) is 7.11. The van der Waals surface area contributed by atoms with Gasteiger partial charge < -0.3 is 9.32 Å². The van der Waals surface area contributed by atoms with Gasteiger partial charge in [0, 0.05) is 19.0 Å². The first-order valence-electron chi connectivity index (χ1n) is 9.38. The smallest absolute Gasteiger partial charge is 0.257 e. The molecule has 0 aliphatic carbocycles. The molecule has 7 heteroatoms. The highest BCUT2D eigenvalue weighted by atomic mass is 32.2. The number of thioether (sulfide) groups is 1. The molecule has 5 rings (SSSR count). The fraction of sp³-hybridized carbons (Fsp3) is 0.286. The number of thiazole rings is 1. The molecule has 142 valence electrons. The van der Waals surface area contributed by atoms with E-state index in [1.807, 2.05) is 35.2 Å². The minimum atomic E-state index is 0.148. The largest absolute Gasteiger partial charge is 0.431 e. The van der Waals surface area contributed by atoms with Gasteiger partial charge in [-0.3, -0.25) is 4.79 Å². The lowest BCUT2D eigenvalue weighted by Gasteiger charge is -2.31. The van der Waals surface area contributed by atoms with Gasteiger partial charge in [-0.25, -0.2) is 9.97 Å². The first kappa shape index (κ1) is 17.7. The van der Waals surface area contributed by atoms with Gasteiger partial charge in [-0.05, 0) is 37.1 Å². The zero-order valence-corrected chi connectivity index (χ0v) is 16.8. The lowest BCUT2D eigenvalue weighted by Crippen LogP contribution is -2.38. The number of para-hydroxylation sites is 3. The summed E-state index contributed by atoms with van der Waals surface area (Å²) < 4.78 is 6.93. The first-order valence-corrected chi connectivity index (χ1v) is 11.2. The number of hydrogen-bond acceptors (Lipinski definition) is 6. The quantitative estimate of drug-likeness (QED) is 0.447. The van der Waals surface area contributed by atoms with Crippen LogP contribution in [0.5, 0.6) is 0 Å². The number of benzene rings is 2. The molecule has 1 fully saturated rings. The number of fused-ring (bicyclic) bond motifs is 2. The molecule has 0 atom stereocenters. The summed E-state index contributed by atoms with van der Waals surface area (Å²) in [6, 6.07) is 15.9. The number of nitrogens with zero attached hydrogens (tertiary/aromatic N) is 3. The van der Waals surface area contributed by atoms with Gasteiger partial charge in [-0.15, -0.1) is 11.3 Å². The number of oxazole rings is 1. The fourth-order valence-corrected chi connectivity index (χ4v) is 5.45. The van der Waals surface area contributed by atoms with E-state index in [0.717, 1.165) is 42.5 Å². The molecule has 1 aliphatic rings. The Morgan fingerprint density at radius 2 is 1.82 bits per heavy atom. The predicted molar refractivity (Wildman–Crippen MR) is 113 cm³/mol. The zero-order chi connectivity index (χ0) is 18.9. The van der Waals surface area contributed by atoms with Crippen molar-refractivity contribution in [3.63, 3.8) is 0 Å². The molecule has 28 heavy (non-hydrogen) atoms. The van der Waals surface area contributed by atoms with E-state index in [-0.39, 0.29) is 5.91 Å².